The van der Waals surface area contributed by atoms with Crippen molar-refractivity contribution in [1.82, 2.24) is 9.88 Å². The smallest absolute Gasteiger partial charge is 0.269 e. The van der Waals surface area contributed by atoms with Gasteiger partial charge in [-0.15, -0.1) is 11.3 Å². The zero-order chi connectivity index (χ0) is 28.5. The predicted octanol–water partition coefficient (Wildman–Crippen LogP) is 9.64. The third kappa shape index (κ3) is 10.9. The number of pyridine rings is 1. The molecule has 2 N–H and O–H groups in total. The number of nitrogens with zero attached hydrogens (tertiary/aromatic N) is 2. The number of aromatic nitrogens is 1. The van der Waals surface area contributed by atoms with Crippen LogP contribution in [-0.4, -0.2) is 34.2 Å². The van der Waals surface area contributed by atoms with Crippen molar-refractivity contribution in [3.63, 3.8) is 0 Å². The molecule has 1 amide bonds. The molecule has 3 unspecified atom stereocenters. The zero-order valence-corrected chi connectivity index (χ0v) is 25.5. The summed E-state index contributed by atoms with van der Waals surface area (Å²) in [5.41, 5.74) is 2.13. The lowest BCUT2D eigenvalue weighted by Crippen LogP contribution is -2.36. The van der Waals surface area contributed by atoms with Gasteiger partial charge in [-0.25, -0.2) is 4.98 Å². The van der Waals surface area contributed by atoms with Crippen LogP contribution in [0.25, 0.3) is 10.2 Å². The molecule has 0 spiro atoms. The van der Waals surface area contributed by atoms with Crippen molar-refractivity contribution in [1.29, 1.82) is 5.41 Å². The summed E-state index contributed by atoms with van der Waals surface area (Å²) >= 11 is 1.39. The lowest BCUT2D eigenvalue weighted by molar-refractivity contribution is 0.0816. The number of hydrogen-bond acceptors (Lipinski definition) is 5. The first-order valence-corrected chi connectivity index (χ1v) is 15.0. The standard InChI is InChI=1S/C28H40N4OS.C4H10/c1-7-10-20(4)13-14-23(17-21(5)11-8-2)31-25-15-16-30-27-24(25)18-26(34-27)28(33)32(19-29)22(6)12-9-3;1-3-4-2/h7-8,10-11,15-16,18-19,21-23,29H,4,9,12-14,17H2,1-3,5-6H3,(H,30,31);3-4H2,1-2H3/b10-7-,11-8-,29-19?;. The SMILES string of the molecule is C=C(/C=C\C)CCC(CC(C)/C=C\C)Nc1ccnc2sc(C(=O)N(C=N)C(C)CCC)cc12.CCCC. The molecule has 0 radical (unpaired) electrons. The second-order valence-corrected chi connectivity index (χ2v) is 11.0. The Morgan fingerprint density at radius 2 is 1.87 bits per heavy atom. The number of rotatable bonds is 15. The molecule has 5 nitrogen and oxygen atoms in total. The van der Waals surface area contributed by atoms with Crippen LogP contribution in [0, 0.1) is 11.3 Å². The van der Waals surface area contributed by atoms with E-state index in [0.29, 0.717) is 10.8 Å². The highest BCUT2D eigenvalue weighted by Crippen LogP contribution is 2.32. The van der Waals surface area contributed by atoms with Gasteiger partial charge in [0.25, 0.3) is 5.91 Å². The average molecular weight is 539 g/mol. The van der Waals surface area contributed by atoms with Crippen LogP contribution in [0.1, 0.15) is 103 Å². The Kier molecular flexibility index (Phi) is 16.2. The Morgan fingerprint density at radius 1 is 1.16 bits per heavy atom. The summed E-state index contributed by atoms with van der Waals surface area (Å²) in [7, 11) is 0. The van der Waals surface area contributed by atoms with Gasteiger partial charge in [0.2, 0.25) is 0 Å². The molecular formula is C32H50N4OS. The van der Waals surface area contributed by atoms with Gasteiger partial charge >= 0.3 is 0 Å². The van der Waals surface area contributed by atoms with Crippen LogP contribution in [0.4, 0.5) is 5.69 Å². The number of carbonyl (C=O) groups is 1. The summed E-state index contributed by atoms with van der Waals surface area (Å²) < 4.78 is 0. The Morgan fingerprint density at radius 3 is 2.45 bits per heavy atom. The van der Waals surface area contributed by atoms with Gasteiger partial charge in [-0.3, -0.25) is 15.1 Å². The van der Waals surface area contributed by atoms with E-state index in [-0.39, 0.29) is 18.0 Å². The monoisotopic (exact) mass is 538 g/mol. The number of unbranched alkanes of at least 4 members (excludes halogenated alkanes) is 1. The van der Waals surface area contributed by atoms with Crippen molar-refractivity contribution >= 4 is 39.5 Å². The Labute approximate surface area is 235 Å². The quantitative estimate of drug-likeness (QED) is 0.103. The number of allylic oxidation sites excluding steroid dienone is 5. The summed E-state index contributed by atoms with van der Waals surface area (Å²) in [6.45, 7) is 18.9. The third-order valence-electron chi connectivity index (χ3n) is 6.45. The molecule has 2 aromatic rings. The molecule has 0 bridgehead atoms. The van der Waals surface area contributed by atoms with Crippen LogP contribution >= 0.6 is 11.3 Å². The van der Waals surface area contributed by atoms with Crippen LogP contribution < -0.4 is 5.32 Å². The zero-order valence-electron chi connectivity index (χ0n) is 24.7. The van der Waals surface area contributed by atoms with Gasteiger partial charge in [-0.05, 0) is 64.5 Å². The molecule has 0 saturated carbocycles. The Bertz CT molecular complexity index is 1050. The van der Waals surface area contributed by atoms with E-state index >= 15 is 0 Å². The predicted molar refractivity (Wildman–Crippen MR) is 169 cm³/mol. The summed E-state index contributed by atoms with van der Waals surface area (Å²) in [5, 5.41) is 12.5. The van der Waals surface area contributed by atoms with Crippen molar-refractivity contribution in [2.45, 2.75) is 105 Å². The maximum absolute atomic E-state index is 13.2. The van der Waals surface area contributed by atoms with E-state index in [1.54, 1.807) is 6.20 Å². The molecule has 0 aromatic carbocycles. The van der Waals surface area contributed by atoms with E-state index in [4.69, 9.17) is 5.41 Å². The number of fused-ring (bicyclic) bond motifs is 1. The van der Waals surface area contributed by atoms with Gasteiger partial charge in [0.05, 0.1) is 11.2 Å². The second kappa shape index (κ2) is 18.5. The van der Waals surface area contributed by atoms with E-state index in [0.717, 1.165) is 59.9 Å². The maximum Gasteiger partial charge on any atom is 0.269 e. The van der Waals surface area contributed by atoms with Gasteiger partial charge in [0, 0.05) is 29.4 Å². The molecule has 0 aliphatic heterocycles. The molecular weight excluding hydrogens is 488 g/mol. The van der Waals surface area contributed by atoms with Crippen molar-refractivity contribution < 1.29 is 4.79 Å². The highest BCUT2D eigenvalue weighted by Gasteiger charge is 2.23. The number of amides is 1. The van der Waals surface area contributed by atoms with Crippen LogP contribution in [0.3, 0.4) is 0 Å². The largest absolute Gasteiger partial charge is 0.382 e. The first-order valence-electron chi connectivity index (χ1n) is 14.2. The van der Waals surface area contributed by atoms with E-state index in [9.17, 15) is 4.79 Å². The molecule has 0 aliphatic rings. The number of nitrogens with one attached hydrogen (secondary N) is 2. The fraction of sp³-hybridized carbons (Fsp3) is 0.531. The molecule has 2 aromatic heterocycles. The van der Waals surface area contributed by atoms with Crippen LogP contribution in [-0.2, 0) is 0 Å². The molecule has 0 aliphatic carbocycles. The Hall–Kier alpha value is -2.73. The summed E-state index contributed by atoms with van der Waals surface area (Å²) in [6, 6.07) is 4.18. The normalized spacial score (nSPS) is 13.7. The minimum Gasteiger partial charge on any atom is -0.382 e. The van der Waals surface area contributed by atoms with Crippen molar-refractivity contribution in [3.05, 3.63) is 59.7 Å². The average Bonchev–Trinajstić information content (AvgIpc) is 3.34. The van der Waals surface area contributed by atoms with Gasteiger partial charge in [-0.1, -0.05) is 83.4 Å². The molecule has 0 fully saturated rings. The minimum absolute atomic E-state index is 0.00600. The van der Waals surface area contributed by atoms with Crippen LogP contribution in [0.2, 0.25) is 0 Å². The first kappa shape index (κ1) is 33.3. The van der Waals surface area contributed by atoms with Crippen molar-refractivity contribution in [3.8, 4) is 0 Å². The molecule has 38 heavy (non-hydrogen) atoms. The van der Waals surface area contributed by atoms with E-state index in [1.807, 2.05) is 32.1 Å². The highest BCUT2D eigenvalue weighted by molar-refractivity contribution is 7.20. The lowest BCUT2D eigenvalue weighted by atomic mass is 9.95. The van der Waals surface area contributed by atoms with Gasteiger partial charge < -0.3 is 5.32 Å². The van der Waals surface area contributed by atoms with Crippen LogP contribution in [0.15, 0.2) is 54.8 Å². The van der Waals surface area contributed by atoms with Gasteiger partial charge in [0.15, 0.2) is 0 Å². The molecule has 0 saturated heterocycles. The summed E-state index contributed by atoms with van der Waals surface area (Å²) in [5.74, 6) is 0.321. The maximum atomic E-state index is 13.2. The van der Waals surface area contributed by atoms with Crippen molar-refractivity contribution in [2.24, 2.45) is 5.92 Å². The molecule has 2 rings (SSSR count). The van der Waals surface area contributed by atoms with Gasteiger partial charge in [-0.2, -0.15) is 0 Å². The molecule has 2 heterocycles. The van der Waals surface area contributed by atoms with E-state index < -0.39 is 0 Å². The number of anilines is 1. The number of carbonyl (C=O) groups excluding carboxylic acids is 1. The van der Waals surface area contributed by atoms with Crippen molar-refractivity contribution in [2.75, 3.05) is 5.32 Å². The summed E-state index contributed by atoms with van der Waals surface area (Å²) in [6.07, 6.45) is 18.8. The van der Waals surface area contributed by atoms with E-state index in [1.165, 1.54) is 29.1 Å². The fourth-order valence-electron chi connectivity index (χ4n) is 4.24. The van der Waals surface area contributed by atoms with E-state index in [2.05, 4.69) is 69.7 Å². The molecule has 210 valence electrons. The topological polar surface area (TPSA) is 69.1 Å². The number of thiophene rings is 1. The summed E-state index contributed by atoms with van der Waals surface area (Å²) in [4.78, 5) is 20.7. The number of hydrogen-bond donors (Lipinski definition) is 2. The molecule has 6 heteroatoms. The van der Waals surface area contributed by atoms with Crippen LogP contribution in [0.5, 0.6) is 0 Å². The fourth-order valence-corrected chi connectivity index (χ4v) is 5.21. The van der Waals surface area contributed by atoms with Gasteiger partial charge in [0.1, 0.15) is 4.83 Å². The first-order chi connectivity index (χ1) is 18.3. The Balaban J connectivity index is 0.00000168. The molecule has 3 atom stereocenters. The third-order valence-corrected chi connectivity index (χ3v) is 7.49. The highest BCUT2D eigenvalue weighted by atomic mass is 32.1. The minimum atomic E-state index is -0.134. The second-order valence-electron chi connectivity index (χ2n) is 9.94. The lowest BCUT2D eigenvalue weighted by Gasteiger charge is -2.23.